The number of nitrogens with one attached hydrogen (secondary N) is 1. The zero-order valence-corrected chi connectivity index (χ0v) is 16.1. The predicted molar refractivity (Wildman–Crippen MR) is 100.0 cm³/mol. The van der Waals surface area contributed by atoms with Gasteiger partial charge < -0.3 is 5.32 Å². The molecule has 0 aliphatic carbocycles. The first-order chi connectivity index (χ1) is 12.6. The minimum atomic E-state index is -3.25. The lowest BCUT2D eigenvalue weighted by Gasteiger charge is -2.29. The molecule has 10 nitrogen and oxygen atoms in total. The number of piperidine rings is 1. The number of hydrogen-bond donors (Lipinski definition) is 1. The Hall–Kier alpha value is -2.53. The number of anilines is 1. The van der Waals surface area contributed by atoms with E-state index in [1.54, 1.807) is 0 Å². The molecule has 0 radical (unpaired) electrons. The van der Waals surface area contributed by atoms with Crippen LogP contribution in [0.4, 0.5) is 5.69 Å². The zero-order valence-electron chi connectivity index (χ0n) is 15.3. The van der Waals surface area contributed by atoms with Crippen molar-refractivity contribution in [3.63, 3.8) is 0 Å². The van der Waals surface area contributed by atoms with E-state index in [2.05, 4.69) is 10.3 Å². The summed E-state index contributed by atoms with van der Waals surface area (Å²) >= 11 is 0. The van der Waals surface area contributed by atoms with Crippen molar-refractivity contribution in [2.75, 3.05) is 24.7 Å². The first-order valence-corrected chi connectivity index (χ1v) is 10.3. The maximum atomic E-state index is 12.5. The summed E-state index contributed by atoms with van der Waals surface area (Å²) in [4.78, 5) is 40.9. The molecule has 146 valence electrons. The average molecular weight is 395 g/mol. The Morgan fingerprint density at radius 2 is 1.81 bits per heavy atom. The molecule has 0 atom stereocenters. The third-order valence-electron chi connectivity index (χ3n) is 4.85. The Morgan fingerprint density at radius 3 is 2.41 bits per heavy atom. The molecular formula is C16H21N5O5S. The van der Waals surface area contributed by atoms with Crippen LogP contribution in [0.1, 0.15) is 12.8 Å². The Kier molecular flexibility index (Phi) is 4.91. The van der Waals surface area contributed by atoms with Gasteiger partial charge in [-0.25, -0.2) is 22.5 Å². The lowest BCUT2D eigenvalue weighted by Crippen LogP contribution is -2.41. The molecule has 2 aromatic heterocycles. The van der Waals surface area contributed by atoms with Gasteiger partial charge in [0.05, 0.1) is 23.5 Å². The number of fused-ring (bicyclic) bond motifs is 1. The predicted octanol–water partition coefficient (Wildman–Crippen LogP) is -0.758. The first-order valence-electron chi connectivity index (χ1n) is 8.41. The molecule has 2 aromatic rings. The molecule has 1 amide bonds. The van der Waals surface area contributed by atoms with E-state index >= 15 is 0 Å². The number of carbonyl (C=O) groups is 1. The number of aryl methyl sites for hydroxylation is 1. The fraction of sp³-hybridized carbons (Fsp3) is 0.500. The van der Waals surface area contributed by atoms with Crippen LogP contribution in [0.25, 0.3) is 11.0 Å². The molecule has 3 rings (SSSR count). The van der Waals surface area contributed by atoms with Crippen molar-refractivity contribution in [2.24, 2.45) is 20.0 Å². The molecule has 1 fully saturated rings. The van der Waals surface area contributed by atoms with Crippen LogP contribution in [0, 0.1) is 5.92 Å². The Bertz CT molecular complexity index is 1130. The second-order valence-corrected chi connectivity index (χ2v) is 8.71. The molecule has 11 heteroatoms. The lowest BCUT2D eigenvalue weighted by molar-refractivity contribution is -0.120. The van der Waals surface area contributed by atoms with Crippen molar-refractivity contribution in [2.45, 2.75) is 12.8 Å². The number of nitrogens with zero attached hydrogens (tertiary/aromatic N) is 4. The minimum Gasteiger partial charge on any atom is -0.324 e. The van der Waals surface area contributed by atoms with Gasteiger partial charge in [-0.15, -0.1) is 0 Å². The maximum Gasteiger partial charge on any atom is 0.332 e. The lowest BCUT2D eigenvalue weighted by atomic mass is 9.97. The van der Waals surface area contributed by atoms with E-state index in [-0.39, 0.29) is 22.9 Å². The molecule has 0 aromatic carbocycles. The number of sulfonamides is 1. The van der Waals surface area contributed by atoms with Gasteiger partial charge in [0.15, 0.2) is 0 Å². The molecule has 27 heavy (non-hydrogen) atoms. The summed E-state index contributed by atoms with van der Waals surface area (Å²) in [5.41, 5.74) is -0.371. The maximum absolute atomic E-state index is 12.5. The Balaban J connectivity index is 1.80. The van der Waals surface area contributed by atoms with Crippen LogP contribution in [0.5, 0.6) is 0 Å². The van der Waals surface area contributed by atoms with Gasteiger partial charge in [0.25, 0.3) is 5.56 Å². The van der Waals surface area contributed by atoms with Gasteiger partial charge in [0.1, 0.15) is 5.65 Å². The molecule has 0 unspecified atom stereocenters. The van der Waals surface area contributed by atoms with E-state index in [1.165, 1.54) is 35.2 Å². The number of amides is 1. The number of aromatic nitrogens is 3. The first kappa shape index (κ1) is 19.2. The molecule has 0 saturated carbocycles. The molecule has 1 N–H and O–H groups in total. The van der Waals surface area contributed by atoms with Crippen LogP contribution in [0.15, 0.2) is 21.9 Å². The second-order valence-electron chi connectivity index (χ2n) is 6.73. The van der Waals surface area contributed by atoms with Crippen molar-refractivity contribution < 1.29 is 13.2 Å². The molecule has 1 aliphatic heterocycles. The van der Waals surface area contributed by atoms with E-state index in [1.807, 2.05) is 0 Å². The zero-order chi connectivity index (χ0) is 19.9. The van der Waals surface area contributed by atoms with Crippen molar-refractivity contribution in [1.29, 1.82) is 0 Å². The largest absolute Gasteiger partial charge is 0.332 e. The quantitative estimate of drug-likeness (QED) is 0.729. The van der Waals surface area contributed by atoms with E-state index in [9.17, 15) is 22.8 Å². The Labute approximate surface area is 155 Å². The third kappa shape index (κ3) is 3.65. The number of hydrogen-bond acceptors (Lipinski definition) is 6. The minimum absolute atomic E-state index is 0.226. The van der Waals surface area contributed by atoms with Crippen LogP contribution in [-0.4, -0.2) is 52.1 Å². The summed E-state index contributed by atoms with van der Waals surface area (Å²) in [6.45, 7) is 0.602. The fourth-order valence-electron chi connectivity index (χ4n) is 3.23. The van der Waals surface area contributed by atoms with Crippen molar-refractivity contribution in [3.05, 3.63) is 33.1 Å². The SMILES string of the molecule is Cn1c(=O)c2cc(NC(=O)C3CCN(S(C)(=O)=O)CC3)cnc2n(C)c1=O. The standard InChI is InChI=1S/C16H21N5O5S/c1-19-13-12(15(23)20(2)16(19)24)8-11(9-17-13)18-14(22)10-4-6-21(7-5-10)27(3,25)26/h8-10H,4-7H2,1-3H3,(H,18,22). The summed E-state index contributed by atoms with van der Waals surface area (Å²) in [6.07, 6.45) is 3.40. The van der Waals surface area contributed by atoms with Gasteiger partial charge in [-0.1, -0.05) is 0 Å². The van der Waals surface area contributed by atoms with Crippen molar-refractivity contribution in [3.8, 4) is 0 Å². The summed E-state index contributed by atoms with van der Waals surface area (Å²) in [7, 11) is -0.349. The summed E-state index contributed by atoms with van der Waals surface area (Å²) < 4.78 is 26.7. The van der Waals surface area contributed by atoms with Gasteiger partial charge in [0, 0.05) is 33.1 Å². The van der Waals surface area contributed by atoms with Crippen LogP contribution >= 0.6 is 0 Å². The Morgan fingerprint density at radius 1 is 1.19 bits per heavy atom. The smallest absolute Gasteiger partial charge is 0.324 e. The van der Waals surface area contributed by atoms with Gasteiger partial charge in [-0.3, -0.25) is 18.7 Å². The summed E-state index contributed by atoms with van der Waals surface area (Å²) in [5, 5.41) is 2.96. The van der Waals surface area contributed by atoms with Gasteiger partial charge in [-0.05, 0) is 18.9 Å². The molecule has 0 spiro atoms. The van der Waals surface area contributed by atoms with Gasteiger partial charge in [0.2, 0.25) is 15.9 Å². The molecule has 1 saturated heterocycles. The number of rotatable bonds is 3. The fourth-order valence-corrected chi connectivity index (χ4v) is 4.10. The van der Waals surface area contributed by atoms with E-state index in [4.69, 9.17) is 0 Å². The van der Waals surface area contributed by atoms with Crippen LogP contribution < -0.4 is 16.6 Å². The highest BCUT2D eigenvalue weighted by molar-refractivity contribution is 7.88. The highest BCUT2D eigenvalue weighted by Gasteiger charge is 2.29. The highest BCUT2D eigenvalue weighted by Crippen LogP contribution is 2.21. The van der Waals surface area contributed by atoms with Crippen molar-refractivity contribution >= 4 is 32.7 Å². The number of carbonyl (C=O) groups excluding carboxylic acids is 1. The van der Waals surface area contributed by atoms with Gasteiger partial charge >= 0.3 is 5.69 Å². The van der Waals surface area contributed by atoms with E-state index in [0.717, 1.165) is 10.8 Å². The molecule has 0 bridgehead atoms. The van der Waals surface area contributed by atoms with Crippen LogP contribution in [0.3, 0.4) is 0 Å². The van der Waals surface area contributed by atoms with E-state index < -0.39 is 21.3 Å². The number of pyridine rings is 1. The summed E-state index contributed by atoms with van der Waals surface area (Å²) in [5.74, 6) is -0.562. The topological polar surface area (TPSA) is 123 Å². The second kappa shape index (κ2) is 6.89. The van der Waals surface area contributed by atoms with Gasteiger partial charge in [-0.2, -0.15) is 0 Å². The van der Waals surface area contributed by atoms with Crippen LogP contribution in [0.2, 0.25) is 0 Å². The monoisotopic (exact) mass is 395 g/mol. The van der Waals surface area contributed by atoms with Crippen molar-refractivity contribution in [1.82, 2.24) is 18.4 Å². The normalized spacial score (nSPS) is 16.6. The van der Waals surface area contributed by atoms with Crippen LogP contribution in [-0.2, 0) is 28.9 Å². The molecule has 3 heterocycles. The van der Waals surface area contributed by atoms with E-state index in [0.29, 0.717) is 31.6 Å². The molecule has 1 aliphatic rings. The molecular weight excluding hydrogens is 374 g/mol. The average Bonchev–Trinajstić information content (AvgIpc) is 2.64. The summed E-state index contributed by atoms with van der Waals surface area (Å²) in [6, 6.07) is 1.49. The third-order valence-corrected chi connectivity index (χ3v) is 6.16. The highest BCUT2D eigenvalue weighted by atomic mass is 32.2.